The van der Waals surface area contributed by atoms with Gasteiger partial charge in [0.25, 0.3) is 5.91 Å². The second-order valence-corrected chi connectivity index (χ2v) is 8.41. The zero-order valence-electron chi connectivity index (χ0n) is 15.7. The Morgan fingerprint density at radius 3 is 2.61 bits per heavy atom. The fourth-order valence-corrected chi connectivity index (χ4v) is 4.57. The number of hydrogen-bond acceptors (Lipinski definition) is 5. The Morgan fingerprint density at radius 1 is 1.11 bits per heavy atom. The fraction of sp³-hybridized carbons (Fsp3) is 0.300. The quantitative estimate of drug-likeness (QED) is 0.595. The molecule has 7 nitrogen and oxygen atoms in total. The minimum absolute atomic E-state index is 0.124. The van der Waals surface area contributed by atoms with Crippen molar-refractivity contribution in [1.82, 2.24) is 9.73 Å². The first kappa shape index (κ1) is 20.0. The highest BCUT2D eigenvalue weighted by atomic mass is 32.2. The number of amides is 1. The van der Waals surface area contributed by atoms with Gasteiger partial charge >= 0.3 is 0 Å². The van der Waals surface area contributed by atoms with Gasteiger partial charge in [-0.1, -0.05) is 24.6 Å². The second kappa shape index (κ2) is 8.99. The number of rotatable bonds is 6. The monoisotopic (exact) mass is 401 g/mol. The van der Waals surface area contributed by atoms with Crippen LogP contribution in [0, 0.1) is 0 Å². The molecule has 0 unspecified atom stereocenters. The molecule has 8 heteroatoms. The molecule has 0 bridgehead atoms. The van der Waals surface area contributed by atoms with Crippen molar-refractivity contribution in [2.75, 3.05) is 20.2 Å². The number of carbonyl (C=O) groups is 1. The van der Waals surface area contributed by atoms with E-state index in [1.54, 1.807) is 25.3 Å². The van der Waals surface area contributed by atoms with E-state index in [2.05, 4.69) is 10.5 Å². The average Bonchev–Trinajstić information content (AvgIpc) is 2.74. The van der Waals surface area contributed by atoms with E-state index in [1.165, 1.54) is 22.7 Å². The summed E-state index contributed by atoms with van der Waals surface area (Å²) in [6.45, 7) is 1.03. The Kier molecular flexibility index (Phi) is 6.43. The number of nitrogens with zero attached hydrogens (tertiary/aromatic N) is 2. The largest absolute Gasteiger partial charge is 0.497 e. The van der Waals surface area contributed by atoms with Gasteiger partial charge in [0.05, 0.1) is 18.2 Å². The molecule has 2 aromatic rings. The third kappa shape index (κ3) is 4.76. The lowest BCUT2D eigenvalue weighted by Gasteiger charge is -2.25. The molecule has 1 amide bonds. The molecule has 1 aliphatic rings. The molecule has 2 aromatic carbocycles. The van der Waals surface area contributed by atoms with Crippen LogP contribution in [0.2, 0.25) is 0 Å². The van der Waals surface area contributed by atoms with E-state index in [9.17, 15) is 13.2 Å². The summed E-state index contributed by atoms with van der Waals surface area (Å²) < 4.78 is 32.2. The first-order chi connectivity index (χ1) is 13.5. The summed E-state index contributed by atoms with van der Waals surface area (Å²) in [7, 11) is -2.02. The van der Waals surface area contributed by atoms with E-state index in [0.717, 1.165) is 24.8 Å². The molecule has 28 heavy (non-hydrogen) atoms. The number of nitrogens with one attached hydrogen (secondary N) is 1. The van der Waals surface area contributed by atoms with Crippen LogP contribution in [0.25, 0.3) is 0 Å². The number of benzene rings is 2. The van der Waals surface area contributed by atoms with Crippen molar-refractivity contribution in [3.05, 3.63) is 59.7 Å². The third-order valence-corrected chi connectivity index (χ3v) is 6.42. The molecule has 0 atom stereocenters. The molecule has 1 fully saturated rings. The molecule has 1 heterocycles. The van der Waals surface area contributed by atoms with Gasteiger partial charge in [-0.25, -0.2) is 13.8 Å². The fourth-order valence-electron chi connectivity index (χ4n) is 3.00. The van der Waals surface area contributed by atoms with Gasteiger partial charge in [0.15, 0.2) is 0 Å². The van der Waals surface area contributed by atoms with E-state index >= 15 is 0 Å². The number of hydrazone groups is 1. The maximum Gasteiger partial charge on any atom is 0.271 e. The molecule has 1 saturated heterocycles. The lowest BCUT2D eigenvalue weighted by Crippen LogP contribution is -2.35. The Morgan fingerprint density at radius 2 is 1.86 bits per heavy atom. The smallest absolute Gasteiger partial charge is 0.271 e. The third-order valence-electron chi connectivity index (χ3n) is 4.52. The van der Waals surface area contributed by atoms with Gasteiger partial charge < -0.3 is 4.74 Å². The van der Waals surface area contributed by atoms with E-state index in [1.807, 2.05) is 18.2 Å². The van der Waals surface area contributed by atoms with E-state index in [-0.39, 0.29) is 10.5 Å². The van der Waals surface area contributed by atoms with Gasteiger partial charge in [-0.2, -0.15) is 9.41 Å². The average molecular weight is 401 g/mol. The van der Waals surface area contributed by atoms with Crippen molar-refractivity contribution in [3.63, 3.8) is 0 Å². The number of ether oxygens (including phenoxy) is 1. The summed E-state index contributed by atoms with van der Waals surface area (Å²) in [4.78, 5) is 12.5. The molecule has 3 rings (SSSR count). The van der Waals surface area contributed by atoms with Crippen molar-refractivity contribution in [2.45, 2.75) is 24.2 Å². The van der Waals surface area contributed by atoms with Crippen LogP contribution < -0.4 is 10.2 Å². The minimum atomic E-state index is -3.59. The predicted molar refractivity (Wildman–Crippen MR) is 107 cm³/mol. The highest BCUT2D eigenvalue weighted by Gasteiger charge is 2.26. The summed E-state index contributed by atoms with van der Waals surface area (Å²) in [6, 6.07) is 13.3. The van der Waals surface area contributed by atoms with Crippen LogP contribution >= 0.6 is 0 Å². The van der Waals surface area contributed by atoms with E-state index in [0.29, 0.717) is 18.8 Å². The minimum Gasteiger partial charge on any atom is -0.497 e. The van der Waals surface area contributed by atoms with Crippen LogP contribution in [0.5, 0.6) is 5.75 Å². The first-order valence-electron chi connectivity index (χ1n) is 9.08. The number of hydrogen-bond donors (Lipinski definition) is 1. The maximum absolute atomic E-state index is 12.8. The van der Waals surface area contributed by atoms with Gasteiger partial charge in [-0.15, -0.1) is 0 Å². The van der Waals surface area contributed by atoms with Crippen LogP contribution in [0.15, 0.2) is 58.5 Å². The Hall–Kier alpha value is -2.71. The Labute approximate surface area is 165 Å². The van der Waals surface area contributed by atoms with Crippen LogP contribution in [0.1, 0.15) is 35.2 Å². The Balaban J connectivity index is 1.70. The van der Waals surface area contributed by atoms with Gasteiger partial charge in [-0.05, 0) is 48.7 Å². The predicted octanol–water partition coefficient (Wildman–Crippen LogP) is 2.63. The van der Waals surface area contributed by atoms with Crippen LogP contribution in [-0.2, 0) is 10.0 Å². The zero-order chi connectivity index (χ0) is 20.0. The number of carbonyl (C=O) groups excluding carboxylic acids is 1. The topological polar surface area (TPSA) is 88.1 Å². The highest BCUT2D eigenvalue weighted by Crippen LogP contribution is 2.21. The van der Waals surface area contributed by atoms with Crippen LogP contribution in [-0.4, -0.2) is 45.0 Å². The summed E-state index contributed by atoms with van der Waals surface area (Å²) in [5, 5.41) is 3.94. The summed E-state index contributed by atoms with van der Waals surface area (Å²) in [5.74, 6) is 0.209. The molecule has 0 aliphatic carbocycles. The van der Waals surface area contributed by atoms with Gasteiger partial charge in [-0.3, -0.25) is 4.79 Å². The SMILES string of the molecule is COc1cccc(/C=N\NC(=O)c2cccc(S(=O)(=O)N3CCCCC3)c2)c1. The van der Waals surface area contributed by atoms with E-state index in [4.69, 9.17) is 4.74 Å². The van der Waals surface area contributed by atoms with Crippen molar-refractivity contribution in [3.8, 4) is 5.75 Å². The molecule has 1 aliphatic heterocycles. The first-order valence-corrected chi connectivity index (χ1v) is 10.5. The molecule has 0 radical (unpaired) electrons. The molecule has 0 spiro atoms. The van der Waals surface area contributed by atoms with Gasteiger partial charge in [0.2, 0.25) is 10.0 Å². The molecule has 0 saturated carbocycles. The molecular formula is C20H23N3O4S. The molecule has 0 aromatic heterocycles. The van der Waals surface area contributed by atoms with Crippen molar-refractivity contribution >= 4 is 22.1 Å². The number of sulfonamides is 1. The highest BCUT2D eigenvalue weighted by molar-refractivity contribution is 7.89. The summed E-state index contributed by atoms with van der Waals surface area (Å²) in [6.07, 6.45) is 4.26. The number of piperidine rings is 1. The van der Waals surface area contributed by atoms with Gasteiger partial charge in [0, 0.05) is 18.7 Å². The summed E-state index contributed by atoms with van der Waals surface area (Å²) in [5.41, 5.74) is 3.43. The summed E-state index contributed by atoms with van der Waals surface area (Å²) >= 11 is 0. The molecular weight excluding hydrogens is 378 g/mol. The number of methoxy groups -OCH3 is 1. The normalized spacial score (nSPS) is 15.5. The molecule has 1 N–H and O–H groups in total. The Bertz CT molecular complexity index is 967. The van der Waals surface area contributed by atoms with E-state index < -0.39 is 15.9 Å². The lowest BCUT2D eigenvalue weighted by atomic mass is 10.2. The van der Waals surface area contributed by atoms with Crippen LogP contribution in [0.4, 0.5) is 0 Å². The zero-order valence-corrected chi connectivity index (χ0v) is 16.5. The van der Waals surface area contributed by atoms with Crippen molar-refractivity contribution < 1.29 is 17.9 Å². The second-order valence-electron chi connectivity index (χ2n) is 6.47. The van der Waals surface area contributed by atoms with Gasteiger partial charge in [0.1, 0.15) is 5.75 Å². The molecule has 148 valence electrons. The lowest BCUT2D eigenvalue weighted by molar-refractivity contribution is 0.0955. The standard InChI is InChI=1S/C20H23N3O4S/c1-27-18-9-5-7-16(13-18)15-21-22-20(24)17-8-6-10-19(14-17)28(25,26)23-11-3-2-4-12-23/h5-10,13-15H,2-4,11-12H2,1H3,(H,22,24)/b21-15-. The van der Waals surface area contributed by atoms with Crippen molar-refractivity contribution in [1.29, 1.82) is 0 Å². The maximum atomic E-state index is 12.8. The van der Waals surface area contributed by atoms with Crippen LogP contribution in [0.3, 0.4) is 0 Å². The van der Waals surface area contributed by atoms with Crippen molar-refractivity contribution in [2.24, 2.45) is 5.10 Å².